The van der Waals surface area contributed by atoms with Crippen molar-refractivity contribution >= 4 is 18.8 Å². The second-order valence-corrected chi connectivity index (χ2v) is 6.49. The van der Waals surface area contributed by atoms with Crippen LogP contribution < -0.4 is 21.4 Å². The van der Waals surface area contributed by atoms with Gasteiger partial charge in [0, 0.05) is 18.7 Å². The van der Waals surface area contributed by atoms with Gasteiger partial charge in [-0.05, 0) is 42.2 Å². The summed E-state index contributed by atoms with van der Waals surface area (Å²) >= 11 is 0. The molecule has 0 fully saturated rings. The fraction of sp³-hybridized carbons (Fsp3) is 0.263. The van der Waals surface area contributed by atoms with Gasteiger partial charge in [0.1, 0.15) is 5.75 Å². The third-order valence-electron chi connectivity index (χ3n) is 4.76. The van der Waals surface area contributed by atoms with Crippen LogP contribution in [0.3, 0.4) is 0 Å². The Morgan fingerprint density at radius 3 is 2.56 bits per heavy atom. The molecule has 1 aliphatic rings. The summed E-state index contributed by atoms with van der Waals surface area (Å²) in [5.41, 5.74) is 14.6. The first-order chi connectivity index (χ1) is 13.0. The van der Waals surface area contributed by atoms with Crippen molar-refractivity contribution in [2.75, 3.05) is 0 Å². The molecule has 0 radical (unpaired) electrons. The minimum Gasteiger partial charge on any atom is -0.534 e. The molecule has 0 aromatic heterocycles. The topological polar surface area (TPSA) is 128 Å². The average Bonchev–Trinajstić information content (AvgIpc) is 2.67. The first-order valence-corrected chi connectivity index (χ1v) is 8.75. The molecule has 2 aromatic rings. The third kappa shape index (κ3) is 3.73. The van der Waals surface area contributed by atoms with Crippen LogP contribution in [0.5, 0.6) is 5.75 Å². The van der Waals surface area contributed by atoms with Crippen molar-refractivity contribution in [3.63, 3.8) is 0 Å². The Balaban J connectivity index is 1.84. The molecular formula is C19H22BN3O4. The minimum absolute atomic E-state index is 0.146. The molecule has 0 saturated heterocycles. The van der Waals surface area contributed by atoms with E-state index in [0.717, 1.165) is 11.1 Å². The first kappa shape index (κ1) is 19.1. The molecule has 1 aliphatic heterocycles. The number of Topliss-reactive ketones (excluding diaryl/α,β-unsaturated/α-hetero) is 1. The normalized spacial score (nSPS) is 15.7. The number of para-hydroxylation sites is 1. The van der Waals surface area contributed by atoms with Crippen LogP contribution in [0.15, 0.2) is 36.4 Å². The van der Waals surface area contributed by atoms with Crippen LogP contribution in [-0.4, -0.2) is 29.8 Å². The number of carbonyl (C=O) groups excluding carboxylic acids is 2. The molecule has 140 valence electrons. The van der Waals surface area contributed by atoms with Crippen molar-refractivity contribution in [1.82, 2.24) is 5.32 Å². The van der Waals surface area contributed by atoms with E-state index in [9.17, 15) is 14.6 Å². The van der Waals surface area contributed by atoms with Gasteiger partial charge >= 0.3 is 7.12 Å². The fourth-order valence-corrected chi connectivity index (χ4v) is 3.35. The van der Waals surface area contributed by atoms with Gasteiger partial charge in [0.15, 0.2) is 5.78 Å². The molecule has 27 heavy (non-hydrogen) atoms. The van der Waals surface area contributed by atoms with Gasteiger partial charge in [-0.25, -0.2) is 0 Å². The Bertz CT molecular complexity index is 887. The van der Waals surface area contributed by atoms with E-state index in [2.05, 4.69) is 5.32 Å². The van der Waals surface area contributed by atoms with Crippen molar-refractivity contribution < 1.29 is 19.3 Å². The Kier molecular flexibility index (Phi) is 5.60. The largest absolute Gasteiger partial charge is 0.547 e. The van der Waals surface area contributed by atoms with Crippen LogP contribution in [0, 0.1) is 0 Å². The maximum absolute atomic E-state index is 12.8. The van der Waals surface area contributed by atoms with Gasteiger partial charge in [-0.3, -0.25) is 9.59 Å². The average molecular weight is 367 g/mol. The molecule has 0 saturated carbocycles. The highest BCUT2D eigenvalue weighted by atomic mass is 16.5. The van der Waals surface area contributed by atoms with E-state index < -0.39 is 13.1 Å². The zero-order chi connectivity index (χ0) is 19.6. The Labute approximate surface area is 157 Å². The van der Waals surface area contributed by atoms with Gasteiger partial charge in [-0.2, -0.15) is 0 Å². The second-order valence-electron chi connectivity index (χ2n) is 6.49. The van der Waals surface area contributed by atoms with Gasteiger partial charge in [-0.1, -0.05) is 24.3 Å². The van der Waals surface area contributed by atoms with E-state index in [0.29, 0.717) is 28.9 Å². The number of nitrogens with two attached hydrogens (primary N) is 2. The molecular weight excluding hydrogens is 345 g/mol. The number of nitrogens with one attached hydrogen (secondary N) is 1. The maximum atomic E-state index is 12.8. The smallest absolute Gasteiger partial charge is 0.534 e. The van der Waals surface area contributed by atoms with Crippen LogP contribution in [0.1, 0.15) is 44.3 Å². The molecule has 1 amide bonds. The number of amides is 1. The summed E-state index contributed by atoms with van der Waals surface area (Å²) in [6.45, 7) is 1.91. The molecule has 3 rings (SSSR count). The summed E-state index contributed by atoms with van der Waals surface area (Å²) in [5, 5.41) is 13.2. The predicted molar refractivity (Wildman–Crippen MR) is 102 cm³/mol. The van der Waals surface area contributed by atoms with Gasteiger partial charge in [-0.15, -0.1) is 0 Å². The molecule has 6 N–H and O–H groups in total. The van der Waals surface area contributed by atoms with Crippen LogP contribution in [0.25, 0.3) is 0 Å². The van der Waals surface area contributed by atoms with Gasteiger partial charge in [0.2, 0.25) is 0 Å². The standard InChI is InChI=1S/C19H22BN3O4/c1-11(24)14-6-2-4-12-8-17(20(26)27-18(12)14)23-19(25)15-7-3-5-13(9-21)16(15)10-22/h2-7,17,26H,8-10,21-22H2,1H3,(H,23,25)/t17-/m0/s1. The van der Waals surface area contributed by atoms with Crippen LogP contribution in [-0.2, 0) is 19.5 Å². The van der Waals surface area contributed by atoms with Crippen LogP contribution >= 0.6 is 0 Å². The summed E-state index contributed by atoms with van der Waals surface area (Å²) in [5.74, 6) is -0.785. The van der Waals surface area contributed by atoms with Gasteiger partial charge in [0.05, 0.1) is 11.5 Å². The zero-order valence-electron chi connectivity index (χ0n) is 15.1. The minimum atomic E-state index is -1.26. The number of carbonyl (C=O) groups is 2. The van der Waals surface area contributed by atoms with Crippen molar-refractivity contribution in [3.8, 4) is 5.75 Å². The summed E-state index contributed by atoms with van der Waals surface area (Å²) in [6.07, 6.45) is 0.345. The monoisotopic (exact) mass is 367 g/mol. The summed E-state index contributed by atoms with van der Waals surface area (Å²) in [7, 11) is -1.26. The number of benzene rings is 2. The molecule has 0 unspecified atom stereocenters. The summed E-state index contributed by atoms with van der Waals surface area (Å²) in [6, 6.07) is 10.5. The molecule has 0 bridgehead atoms. The van der Waals surface area contributed by atoms with E-state index in [1.165, 1.54) is 6.92 Å². The number of ketones is 1. The van der Waals surface area contributed by atoms with Crippen molar-refractivity contribution in [2.24, 2.45) is 11.5 Å². The van der Waals surface area contributed by atoms with E-state index in [4.69, 9.17) is 16.1 Å². The SMILES string of the molecule is CC(=O)c1cccc2c1OB(O)[C@@H](NC(=O)c1cccc(CN)c1CN)C2. The Hall–Kier alpha value is -2.68. The molecule has 1 atom stereocenters. The lowest BCUT2D eigenvalue weighted by Crippen LogP contribution is -2.53. The molecule has 2 aromatic carbocycles. The van der Waals surface area contributed by atoms with E-state index in [-0.39, 0.29) is 24.8 Å². The molecule has 0 aliphatic carbocycles. The molecule has 7 nitrogen and oxygen atoms in total. The Morgan fingerprint density at radius 1 is 1.19 bits per heavy atom. The quantitative estimate of drug-likeness (QED) is 0.452. The fourth-order valence-electron chi connectivity index (χ4n) is 3.35. The van der Waals surface area contributed by atoms with E-state index in [1.54, 1.807) is 24.3 Å². The lowest BCUT2D eigenvalue weighted by Gasteiger charge is -2.29. The van der Waals surface area contributed by atoms with Crippen molar-refractivity contribution in [2.45, 2.75) is 32.4 Å². The lowest BCUT2D eigenvalue weighted by atomic mass is 9.72. The van der Waals surface area contributed by atoms with Gasteiger partial charge < -0.3 is 26.5 Å². The van der Waals surface area contributed by atoms with E-state index >= 15 is 0 Å². The summed E-state index contributed by atoms with van der Waals surface area (Å²) in [4.78, 5) is 24.5. The van der Waals surface area contributed by atoms with Crippen LogP contribution in [0.4, 0.5) is 0 Å². The lowest BCUT2D eigenvalue weighted by molar-refractivity contribution is 0.0937. The second kappa shape index (κ2) is 7.91. The molecule has 0 spiro atoms. The highest BCUT2D eigenvalue weighted by molar-refractivity contribution is 6.47. The maximum Gasteiger partial charge on any atom is 0.547 e. The first-order valence-electron chi connectivity index (χ1n) is 8.75. The summed E-state index contributed by atoms with van der Waals surface area (Å²) < 4.78 is 5.55. The number of hydrogen-bond donors (Lipinski definition) is 4. The third-order valence-corrected chi connectivity index (χ3v) is 4.76. The van der Waals surface area contributed by atoms with Crippen molar-refractivity contribution in [1.29, 1.82) is 0 Å². The van der Waals surface area contributed by atoms with Gasteiger partial charge in [0.25, 0.3) is 5.91 Å². The zero-order valence-corrected chi connectivity index (χ0v) is 15.1. The highest BCUT2D eigenvalue weighted by Gasteiger charge is 2.37. The van der Waals surface area contributed by atoms with Crippen molar-refractivity contribution in [3.05, 3.63) is 64.2 Å². The predicted octanol–water partition coefficient (Wildman–Crippen LogP) is 0.560. The number of rotatable bonds is 5. The molecule has 8 heteroatoms. The number of hydrogen-bond acceptors (Lipinski definition) is 6. The number of fused-ring (bicyclic) bond motifs is 1. The molecule has 1 heterocycles. The highest BCUT2D eigenvalue weighted by Crippen LogP contribution is 2.30. The van der Waals surface area contributed by atoms with Crippen LogP contribution in [0.2, 0.25) is 0 Å². The van der Waals surface area contributed by atoms with E-state index in [1.807, 2.05) is 12.1 Å². The Morgan fingerprint density at radius 2 is 1.89 bits per heavy atom.